The van der Waals surface area contributed by atoms with Gasteiger partial charge in [0.2, 0.25) is 0 Å². The fourth-order valence-electron chi connectivity index (χ4n) is 1.23. The SMILES string of the molecule is O=C1CC=NN1c1c(Cl)cccc1Cl. The zero-order chi connectivity index (χ0) is 10.1. The van der Waals surface area contributed by atoms with Crippen molar-refractivity contribution >= 4 is 41.0 Å². The number of hydrogen-bond donors (Lipinski definition) is 0. The van der Waals surface area contributed by atoms with E-state index in [0.29, 0.717) is 22.2 Å². The number of carbonyl (C=O) groups is 1. The number of carbonyl (C=O) groups excluding carboxylic acids is 1. The van der Waals surface area contributed by atoms with Crippen LogP contribution in [0.4, 0.5) is 5.69 Å². The average Bonchev–Trinajstić information content (AvgIpc) is 2.52. The summed E-state index contributed by atoms with van der Waals surface area (Å²) in [5.41, 5.74) is 0.453. The van der Waals surface area contributed by atoms with Crippen LogP contribution in [-0.4, -0.2) is 12.1 Å². The second-order valence-corrected chi connectivity index (χ2v) is 3.59. The van der Waals surface area contributed by atoms with E-state index in [-0.39, 0.29) is 5.91 Å². The highest BCUT2D eigenvalue weighted by molar-refractivity contribution is 6.40. The van der Waals surface area contributed by atoms with E-state index in [1.807, 2.05) is 0 Å². The van der Waals surface area contributed by atoms with Crippen LogP contribution in [0.5, 0.6) is 0 Å². The summed E-state index contributed by atoms with van der Waals surface area (Å²) in [5.74, 6) is -0.125. The molecule has 1 heterocycles. The molecule has 0 spiro atoms. The Labute approximate surface area is 90.9 Å². The maximum Gasteiger partial charge on any atom is 0.252 e. The number of benzene rings is 1. The van der Waals surface area contributed by atoms with Crippen LogP contribution < -0.4 is 5.01 Å². The molecular weight excluding hydrogens is 223 g/mol. The van der Waals surface area contributed by atoms with Crippen LogP contribution in [-0.2, 0) is 4.79 Å². The van der Waals surface area contributed by atoms with Gasteiger partial charge in [0.25, 0.3) is 5.91 Å². The molecule has 0 radical (unpaired) electrons. The number of hydrogen-bond acceptors (Lipinski definition) is 2. The molecule has 0 saturated heterocycles. The Morgan fingerprint density at radius 2 is 1.93 bits per heavy atom. The highest BCUT2D eigenvalue weighted by atomic mass is 35.5. The van der Waals surface area contributed by atoms with Crippen LogP contribution in [0.25, 0.3) is 0 Å². The number of halogens is 2. The van der Waals surface area contributed by atoms with Crippen molar-refractivity contribution in [3.8, 4) is 0 Å². The first-order valence-electron chi connectivity index (χ1n) is 3.99. The number of anilines is 1. The molecule has 0 aliphatic carbocycles. The molecular formula is C9H6Cl2N2O. The largest absolute Gasteiger partial charge is 0.272 e. The Kier molecular flexibility index (Phi) is 2.44. The van der Waals surface area contributed by atoms with Crippen LogP contribution in [0.2, 0.25) is 10.0 Å². The third-order valence-electron chi connectivity index (χ3n) is 1.85. The number of hydrazone groups is 1. The summed E-state index contributed by atoms with van der Waals surface area (Å²) in [6.07, 6.45) is 1.82. The normalized spacial score (nSPS) is 15.3. The van der Waals surface area contributed by atoms with Gasteiger partial charge in [-0.1, -0.05) is 29.3 Å². The molecule has 5 heteroatoms. The summed E-state index contributed by atoms with van der Waals surface area (Å²) < 4.78 is 0. The van der Waals surface area contributed by atoms with E-state index < -0.39 is 0 Å². The van der Waals surface area contributed by atoms with E-state index in [4.69, 9.17) is 23.2 Å². The van der Waals surface area contributed by atoms with E-state index in [0.717, 1.165) is 0 Å². The van der Waals surface area contributed by atoms with Gasteiger partial charge in [-0.3, -0.25) is 4.79 Å². The van der Waals surface area contributed by atoms with Gasteiger partial charge in [0, 0.05) is 6.21 Å². The van der Waals surface area contributed by atoms with Gasteiger partial charge >= 0.3 is 0 Å². The predicted octanol–water partition coefficient (Wildman–Crippen LogP) is 2.72. The molecule has 2 rings (SSSR count). The van der Waals surface area contributed by atoms with E-state index in [1.165, 1.54) is 11.2 Å². The standard InChI is InChI=1S/C9H6Cl2N2O/c10-6-2-1-3-7(11)9(6)13-8(14)4-5-12-13/h1-3,5H,4H2. The Bertz CT molecular complexity index is 397. The topological polar surface area (TPSA) is 32.7 Å². The lowest BCUT2D eigenvalue weighted by Gasteiger charge is -2.14. The highest BCUT2D eigenvalue weighted by Gasteiger charge is 2.23. The van der Waals surface area contributed by atoms with Gasteiger partial charge in [-0.25, -0.2) is 0 Å². The quantitative estimate of drug-likeness (QED) is 0.728. The summed E-state index contributed by atoms with van der Waals surface area (Å²) in [7, 11) is 0. The second kappa shape index (κ2) is 3.59. The lowest BCUT2D eigenvalue weighted by Crippen LogP contribution is -2.20. The molecule has 3 nitrogen and oxygen atoms in total. The van der Waals surface area contributed by atoms with Crippen molar-refractivity contribution in [1.82, 2.24) is 0 Å². The zero-order valence-electron chi connectivity index (χ0n) is 7.08. The van der Waals surface area contributed by atoms with E-state index >= 15 is 0 Å². The average molecular weight is 229 g/mol. The zero-order valence-corrected chi connectivity index (χ0v) is 8.59. The van der Waals surface area contributed by atoms with Crippen molar-refractivity contribution < 1.29 is 4.79 Å². The van der Waals surface area contributed by atoms with Crippen molar-refractivity contribution in [2.24, 2.45) is 5.10 Å². The lowest BCUT2D eigenvalue weighted by molar-refractivity contribution is -0.116. The molecule has 0 unspecified atom stereocenters. The molecule has 0 fully saturated rings. The van der Waals surface area contributed by atoms with Crippen molar-refractivity contribution in [2.45, 2.75) is 6.42 Å². The fourth-order valence-corrected chi connectivity index (χ4v) is 1.78. The summed E-state index contributed by atoms with van der Waals surface area (Å²) in [4.78, 5) is 11.4. The fraction of sp³-hybridized carbons (Fsp3) is 0.111. The minimum Gasteiger partial charge on any atom is -0.272 e. The van der Waals surface area contributed by atoms with Gasteiger partial charge in [0.1, 0.15) is 5.69 Å². The predicted molar refractivity (Wildman–Crippen MR) is 57.1 cm³/mol. The number of nitrogens with zero attached hydrogens (tertiary/aromatic N) is 2. The summed E-state index contributed by atoms with van der Waals surface area (Å²) in [6, 6.07) is 5.06. The maximum absolute atomic E-state index is 11.4. The van der Waals surface area contributed by atoms with Crippen molar-refractivity contribution in [2.75, 3.05) is 5.01 Å². The van der Waals surface area contributed by atoms with Crippen LogP contribution in [0, 0.1) is 0 Å². The van der Waals surface area contributed by atoms with Crippen molar-refractivity contribution in [1.29, 1.82) is 0 Å². The van der Waals surface area contributed by atoms with Gasteiger partial charge < -0.3 is 0 Å². The van der Waals surface area contributed by atoms with Gasteiger partial charge in [-0.15, -0.1) is 0 Å². The van der Waals surface area contributed by atoms with E-state index in [1.54, 1.807) is 18.2 Å². The second-order valence-electron chi connectivity index (χ2n) is 2.78. The van der Waals surface area contributed by atoms with Gasteiger partial charge in [0.15, 0.2) is 0 Å². The first-order chi connectivity index (χ1) is 6.70. The monoisotopic (exact) mass is 228 g/mol. The summed E-state index contributed by atoms with van der Waals surface area (Å²) in [6.45, 7) is 0. The number of amides is 1. The summed E-state index contributed by atoms with van der Waals surface area (Å²) >= 11 is 11.8. The Morgan fingerprint density at radius 1 is 1.29 bits per heavy atom. The van der Waals surface area contributed by atoms with E-state index in [2.05, 4.69) is 5.10 Å². The molecule has 1 aliphatic rings. The van der Waals surface area contributed by atoms with Gasteiger partial charge in [0.05, 0.1) is 16.5 Å². The minimum atomic E-state index is -0.125. The highest BCUT2D eigenvalue weighted by Crippen LogP contribution is 2.34. The maximum atomic E-state index is 11.4. The molecule has 1 amide bonds. The molecule has 14 heavy (non-hydrogen) atoms. The minimum absolute atomic E-state index is 0.125. The van der Waals surface area contributed by atoms with Crippen LogP contribution >= 0.6 is 23.2 Å². The van der Waals surface area contributed by atoms with Crippen LogP contribution in [0.1, 0.15) is 6.42 Å². The molecule has 1 aromatic carbocycles. The molecule has 1 aromatic rings. The first kappa shape index (κ1) is 9.49. The molecule has 0 saturated carbocycles. The van der Waals surface area contributed by atoms with Crippen molar-refractivity contribution in [3.63, 3.8) is 0 Å². The Hall–Kier alpha value is -1.06. The molecule has 72 valence electrons. The van der Waals surface area contributed by atoms with Crippen LogP contribution in [0.15, 0.2) is 23.3 Å². The van der Waals surface area contributed by atoms with Gasteiger partial charge in [-0.2, -0.15) is 10.1 Å². The van der Waals surface area contributed by atoms with Crippen LogP contribution in [0.3, 0.4) is 0 Å². The Balaban J connectivity index is 2.50. The molecule has 0 atom stereocenters. The van der Waals surface area contributed by atoms with Crippen molar-refractivity contribution in [3.05, 3.63) is 28.2 Å². The molecule has 0 N–H and O–H groups in total. The smallest absolute Gasteiger partial charge is 0.252 e. The molecule has 0 bridgehead atoms. The number of rotatable bonds is 1. The van der Waals surface area contributed by atoms with Gasteiger partial charge in [-0.05, 0) is 12.1 Å². The summed E-state index contributed by atoms with van der Waals surface area (Å²) in [5, 5.41) is 5.97. The first-order valence-corrected chi connectivity index (χ1v) is 4.75. The molecule has 1 aliphatic heterocycles. The third kappa shape index (κ3) is 1.49. The third-order valence-corrected chi connectivity index (χ3v) is 2.46. The lowest BCUT2D eigenvalue weighted by atomic mass is 10.3. The Morgan fingerprint density at radius 3 is 2.43 bits per heavy atom. The molecule has 0 aromatic heterocycles. The number of para-hydroxylation sites is 1. The van der Waals surface area contributed by atoms with E-state index in [9.17, 15) is 4.79 Å².